The quantitative estimate of drug-likeness (QED) is 0.204. The highest BCUT2D eigenvalue weighted by atomic mass is 32.2. The Labute approximate surface area is 254 Å². The van der Waals surface area contributed by atoms with Gasteiger partial charge in [-0.15, -0.1) is 32.9 Å². The van der Waals surface area contributed by atoms with Gasteiger partial charge >= 0.3 is 6.09 Å². The number of aromatic amines is 1. The van der Waals surface area contributed by atoms with E-state index >= 15 is 0 Å². The third-order valence-electron chi connectivity index (χ3n) is 7.41. The van der Waals surface area contributed by atoms with Crippen LogP contribution in [-0.4, -0.2) is 112 Å². The average molecular weight is 645 g/mol. The number of thiophene rings is 1. The van der Waals surface area contributed by atoms with E-state index in [2.05, 4.69) is 40.6 Å². The van der Waals surface area contributed by atoms with Crippen molar-refractivity contribution >= 4 is 60.6 Å². The van der Waals surface area contributed by atoms with Gasteiger partial charge in [0, 0.05) is 60.7 Å². The molecular weight excluding hydrogens is 617 g/mol. The molecule has 0 spiro atoms. The van der Waals surface area contributed by atoms with Crippen LogP contribution in [0.2, 0.25) is 0 Å². The van der Waals surface area contributed by atoms with Crippen LogP contribution < -0.4 is 5.32 Å². The zero-order valence-corrected chi connectivity index (χ0v) is 25.7. The number of aromatic nitrogens is 5. The number of nitrogens with zero attached hydrogens (tertiary/aromatic N) is 7. The maximum absolute atomic E-state index is 13.9. The van der Waals surface area contributed by atoms with Gasteiger partial charge in [-0.2, -0.15) is 9.52 Å². The number of piperazine rings is 1. The summed E-state index contributed by atoms with van der Waals surface area (Å²) in [5.74, 6) is -0.0212. The van der Waals surface area contributed by atoms with E-state index < -0.39 is 22.2 Å². The van der Waals surface area contributed by atoms with Gasteiger partial charge in [0.25, 0.3) is 15.9 Å². The second-order valence-electron chi connectivity index (χ2n) is 10.2. The van der Waals surface area contributed by atoms with E-state index in [-0.39, 0.29) is 42.0 Å². The number of methoxy groups -OCH3 is 1. The lowest BCUT2D eigenvalue weighted by molar-refractivity contribution is 0.0562. The predicted molar refractivity (Wildman–Crippen MR) is 158 cm³/mol. The zero-order chi connectivity index (χ0) is 30.3. The molecular formula is C25H28N10O5S3. The number of H-pyrrole nitrogens is 1. The molecule has 1 saturated heterocycles. The van der Waals surface area contributed by atoms with Gasteiger partial charge in [-0.3, -0.25) is 15.5 Å². The Bertz CT molecular complexity index is 1800. The lowest BCUT2D eigenvalue weighted by atomic mass is 10.1. The summed E-state index contributed by atoms with van der Waals surface area (Å²) in [6.07, 6.45) is 0.231. The zero-order valence-electron chi connectivity index (χ0n) is 23.2. The molecule has 0 saturated carbocycles. The fourth-order valence-electron chi connectivity index (χ4n) is 5.16. The van der Waals surface area contributed by atoms with E-state index in [4.69, 9.17) is 5.41 Å². The van der Waals surface area contributed by atoms with Gasteiger partial charge in [-0.1, -0.05) is 5.21 Å². The molecule has 4 aromatic rings. The number of tetrazole rings is 1. The summed E-state index contributed by atoms with van der Waals surface area (Å²) in [6.45, 7) is 1.96. The van der Waals surface area contributed by atoms with Crippen LogP contribution in [0, 0.1) is 5.41 Å². The Morgan fingerprint density at radius 1 is 1.21 bits per heavy atom. The largest absolute Gasteiger partial charge is 0.453 e. The van der Waals surface area contributed by atoms with Crippen molar-refractivity contribution in [1.82, 2.24) is 45.0 Å². The van der Waals surface area contributed by atoms with Gasteiger partial charge in [0.2, 0.25) is 0 Å². The SMILES string of the molecule is COC(=O)NC(=N)c1ccc2sc(S(=O)(=O)N3CCN(C(=O)c4nc5c(s4)CN(C)CC5)C(Cc4nn[nH]n4)C3)cc2c1. The summed E-state index contributed by atoms with van der Waals surface area (Å²) in [5.41, 5.74) is 1.36. The standard InChI is InChI=1S/C25H28N10O5S3/c1-33-6-5-17-19(13-33)42-23(27-17)24(36)35-8-7-34(12-16(35)11-20-29-31-32-30-20)43(38,39)21-10-15-9-14(3-4-18(15)41-21)22(26)28-25(37)40-2/h3-4,9-10,16H,5-8,11-13H2,1-2H3,(H2,26,28,37)(H,29,30,31,32). The molecule has 0 radical (unpaired) electrons. The van der Waals surface area contributed by atoms with Gasteiger partial charge in [0.15, 0.2) is 10.8 Å². The van der Waals surface area contributed by atoms with Crippen molar-refractivity contribution < 1.29 is 22.7 Å². The van der Waals surface area contributed by atoms with Crippen molar-refractivity contribution in [2.24, 2.45) is 0 Å². The highest BCUT2D eigenvalue weighted by molar-refractivity contribution is 7.91. The molecule has 226 valence electrons. The Morgan fingerprint density at radius 2 is 2.05 bits per heavy atom. The molecule has 0 bridgehead atoms. The van der Waals surface area contributed by atoms with Crippen LogP contribution in [0.25, 0.3) is 10.1 Å². The van der Waals surface area contributed by atoms with Crippen molar-refractivity contribution in [3.8, 4) is 0 Å². The summed E-state index contributed by atoms with van der Waals surface area (Å²) in [6, 6.07) is 6.01. The number of thiazole rings is 1. The molecule has 2 aliphatic heterocycles. The summed E-state index contributed by atoms with van der Waals surface area (Å²) in [5, 5.41) is 25.5. The number of likely N-dealkylation sites (N-methyl/N-ethyl adjacent to an activating group) is 1. The monoisotopic (exact) mass is 644 g/mol. The maximum atomic E-state index is 13.9. The maximum Gasteiger partial charge on any atom is 0.412 e. The van der Waals surface area contributed by atoms with E-state index in [1.54, 1.807) is 29.2 Å². The summed E-state index contributed by atoms with van der Waals surface area (Å²) >= 11 is 2.51. The topological polar surface area (TPSA) is 190 Å². The number of carbonyl (C=O) groups is 2. The molecule has 1 aromatic carbocycles. The number of ether oxygens (including phenoxy) is 1. The molecule has 1 atom stereocenters. The molecule has 1 fully saturated rings. The number of nitrogens with one attached hydrogen (secondary N) is 3. The molecule has 1 unspecified atom stereocenters. The third-order valence-corrected chi connectivity index (χ3v) is 11.9. The van der Waals surface area contributed by atoms with Crippen LogP contribution in [0.3, 0.4) is 0 Å². The number of amidine groups is 1. The first-order valence-electron chi connectivity index (χ1n) is 13.3. The number of benzene rings is 1. The molecule has 15 nitrogen and oxygen atoms in total. The molecule has 0 aliphatic carbocycles. The minimum absolute atomic E-state index is 0.0453. The van der Waals surface area contributed by atoms with Gasteiger partial charge in [-0.25, -0.2) is 18.2 Å². The van der Waals surface area contributed by atoms with Gasteiger partial charge in [0.05, 0.1) is 18.8 Å². The van der Waals surface area contributed by atoms with E-state index in [1.807, 2.05) is 7.05 Å². The molecule has 3 aromatic heterocycles. The van der Waals surface area contributed by atoms with Gasteiger partial charge < -0.3 is 14.5 Å². The van der Waals surface area contributed by atoms with Crippen molar-refractivity contribution in [2.45, 2.75) is 29.6 Å². The van der Waals surface area contributed by atoms with Crippen LogP contribution in [0.1, 0.15) is 31.8 Å². The first-order chi connectivity index (χ1) is 20.6. The lowest BCUT2D eigenvalue weighted by Gasteiger charge is -2.39. The fourth-order valence-corrected chi connectivity index (χ4v) is 9.30. The number of alkyl carbamates (subject to hydrolysis) is 1. The number of sulfonamides is 1. The van der Waals surface area contributed by atoms with Crippen molar-refractivity contribution in [3.05, 3.63) is 51.2 Å². The van der Waals surface area contributed by atoms with E-state index in [0.717, 1.165) is 41.4 Å². The summed E-state index contributed by atoms with van der Waals surface area (Å²) in [4.78, 5) is 34.8. The second kappa shape index (κ2) is 11.7. The summed E-state index contributed by atoms with van der Waals surface area (Å²) < 4.78 is 34.5. The average Bonchev–Trinajstić information content (AvgIpc) is 3.76. The van der Waals surface area contributed by atoms with Crippen LogP contribution >= 0.6 is 22.7 Å². The second-order valence-corrected chi connectivity index (χ2v) is 14.6. The number of amides is 2. The van der Waals surface area contributed by atoms with Gasteiger partial charge in [0.1, 0.15) is 10.0 Å². The Balaban J connectivity index is 1.24. The first kappa shape index (κ1) is 29.2. The smallest absolute Gasteiger partial charge is 0.412 e. The van der Waals surface area contributed by atoms with Crippen LogP contribution in [-0.2, 0) is 34.1 Å². The number of carbonyl (C=O) groups excluding carboxylic acids is 2. The molecule has 2 aliphatic rings. The number of hydrogen-bond acceptors (Lipinski definition) is 13. The predicted octanol–water partition coefficient (Wildman–Crippen LogP) is 1.30. The van der Waals surface area contributed by atoms with Gasteiger partial charge in [-0.05, 0) is 36.7 Å². The first-order valence-corrected chi connectivity index (χ1v) is 16.4. The van der Waals surface area contributed by atoms with Crippen molar-refractivity contribution in [1.29, 1.82) is 5.41 Å². The Kier molecular flexibility index (Phi) is 7.94. The van der Waals surface area contributed by atoms with Crippen LogP contribution in [0.15, 0.2) is 28.5 Å². The molecule has 18 heteroatoms. The molecule has 3 N–H and O–H groups in total. The third kappa shape index (κ3) is 5.87. The van der Waals surface area contributed by atoms with E-state index in [9.17, 15) is 18.0 Å². The number of fused-ring (bicyclic) bond motifs is 2. The Hall–Kier alpha value is -3.84. The molecule has 6 rings (SSSR count). The van der Waals surface area contributed by atoms with E-state index in [0.29, 0.717) is 26.5 Å². The highest BCUT2D eigenvalue weighted by Crippen LogP contribution is 2.33. The van der Waals surface area contributed by atoms with E-state index in [1.165, 1.54) is 22.8 Å². The summed E-state index contributed by atoms with van der Waals surface area (Å²) in [7, 11) is -0.687. The fraction of sp³-hybridized carbons (Fsp3) is 0.400. The lowest BCUT2D eigenvalue weighted by Crippen LogP contribution is -2.57. The molecule has 43 heavy (non-hydrogen) atoms. The van der Waals surface area contributed by atoms with Crippen molar-refractivity contribution in [2.75, 3.05) is 40.3 Å². The van der Waals surface area contributed by atoms with Crippen LogP contribution in [0.5, 0.6) is 0 Å². The number of rotatable bonds is 6. The highest BCUT2D eigenvalue weighted by Gasteiger charge is 2.39. The van der Waals surface area contributed by atoms with Crippen LogP contribution in [0.4, 0.5) is 4.79 Å². The van der Waals surface area contributed by atoms with Crippen molar-refractivity contribution in [3.63, 3.8) is 0 Å². The normalized spacial score (nSPS) is 18.0. The minimum Gasteiger partial charge on any atom is -0.453 e. The minimum atomic E-state index is -3.93. The molecule has 5 heterocycles. The number of hydrogen-bond donors (Lipinski definition) is 3. The molecule has 2 amide bonds. The Morgan fingerprint density at radius 3 is 2.81 bits per heavy atom.